The topological polar surface area (TPSA) is 55.1 Å². The molecule has 0 spiro atoms. The van der Waals surface area contributed by atoms with E-state index in [1.165, 1.54) is 0 Å². The summed E-state index contributed by atoms with van der Waals surface area (Å²) in [5.41, 5.74) is 1.78. The Labute approximate surface area is 130 Å². The van der Waals surface area contributed by atoms with Gasteiger partial charge in [0.15, 0.2) is 4.34 Å². The Morgan fingerprint density at radius 2 is 2.33 bits per heavy atom. The molecule has 2 heterocycles. The molecule has 3 aromatic rings. The molecular weight excluding hydrogens is 304 g/mol. The van der Waals surface area contributed by atoms with Crippen molar-refractivity contribution in [1.82, 2.24) is 4.98 Å². The second kappa shape index (κ2) is 6.32. The molecule has 1 N–H and O–H groups in total. The van der Waals surface area contributed by atoms with Gasteiger partial charge in [0.05, 0.1) is 16.5 Å². The fourth-order valence-corrected chi connectivity index (χ4v) is 3.51. The van der Waals surface area contributed by atoms with Crippen LogP contribution in [0.1, 0.15) is 12.2 Å². The normalized spacial score (nSPS) is 10.9. The molecule has 3 rings (SSSR count). The number of carbonyl (C=O) groups excluding carboxylic acids is 1. The van der Waals surface area contributed by atoms with Crippen LogP contribution in [0.15, 0.2) is 45.4 Å². The van der Waals surface area contributed by atoms with Crippen LogP contribution < -0.4 is 5.32 Å². The highest BCUT2D eigenvalue weighted by Crippen LogP contribution is 2.29. The lowest BCUT2D eigenvalue weighted by Crippen LogP contribution is -2.11. The van der Waals surface area contributed by atoms with E-state index in [4.69, 9.17) is 4.42 Å². The summed E-state index contributed by atoms with van der Waals surface area (Å²) in [6.07, 6.45) is 4.64. The number of furan rings is 1. The van der Waals surface area contributed by atoms with Gasteiger partial charge in [-0.25, -0.2) is 4.98 Å². The van der Waals surface area contributed by atoms with Crippen LogP contribution in [0.4, 0.5) is 5.69 Å². The minimum atomic E-state index is -0.0136. The lowest BCUT2D eigenvalue weighted by atomic mass is 10.2. The number of benzene rings is 1. The molecule has 1 aromatic carbocycles. The van der Waals surface area contributed by atoms with E-state index in [9.17, 15) is 4.79 Å². The minimum Gasteiger partial charge on any atom is -0.469 e. The van der Waals surface area contributed by atoms with Crippen LogP contribution in [0.5, 0.6) is 0 Å². The van der Waals surface area contributed by atoms with Crippen LogP contribution in [-0.2, 0) is 11.2 Å². The number of thioether (sulfide) groups is 1. The quantitative estimate of drug-likeness (QED) is 0.717. The fourth-order valence-electron chi connectivity index (χ4n) is 1.98. The first-order valence-electron chi connectivity index (χ1n) is 6.51. The summed E-state index contributed by atoms with van der Waals surface area (Å²) in [4.78, 5) is 16.4. The van der Waals surface area contributed by atoms with Gasteiger partial charge in [0.2, 0.25) is 5.91 Å². The highest BCUT2D eigenvalue weighted by Gasteiger charge is 2.07. The number of nitrogens with zero attached hydrogens (tertiary/aromatic N) is 1. The number of aromatic nitrogens is 1. The van der Waals surface area contributed by atoms with Gasteiger partial charge in [-0.05, 0) is 36.6 Å². The number of amides is 1. The standard InChI is InChI=1S/C15H14N2O2S2/c1-20-15-17-12-6-4-10(9-13(12)21-15)16-14(18)7-5-11-3-2-8-19-11/h2-4,6,8-9H,5,7H2,1H3,(H,16,18). The summed E-state index contributed by atoms with van der Waals surface area (Å²) in [6.45, 7) is 0. The zero-order chi connectivity index (χ0) is 14.7. The number of hydrogen-bond acceptors (Lipinski definition) is 5. The number of carbonyl (C=O) groups is 1. The van der Waals surface area contributed by atoms with Crippen LogP contribution in [-0.4, -0.2) is 17.1 Å². The molecule has 0 aliphatic heterocycles. The van der Waals surface area contributed by atoms with E-state index in [1.807, 2.05) is 36.6 Å². The van der Waals surface area contributed by atoms with Gasteiger partial charge < -0.3 is 9.73 Å². The Balaban J connectivity index is 1.65. The molecule has 1 amide bonds. The molecule has 0 unspecified atom stereocenters. The van der Waals surface area contributed by atoms with E-state index in [0.717, 1.165) is 26.0 Å². The van der Waals surface area contributed by atoms with Crippen molar-refractivity contribution >= 4 is 44.9 Å². The Kier molecular flexibility index (Phi) is 4.26. The number of nitrogens with one attached hydrogen (secondary N) is 1. The van der Waals surface area contributed by atoms with E-state index < -0.39 is 0 Å². The van der Waals surface area contributed by atoms with Crippen molar-refractivity contribution in [2.45, 2.75) is 17.2 Å². The Morgan fingerprint density at radius 1 is 1.43 bits per heavy atom. The molecule has 6 heteroatoms. The number of rotatable bonds is 5. The van der Waals surface area contributed by atoms with Gasteiger partial charge in [0, 0.05) is 18.5 Å². The number of anilines is 1. The van der Waals surface area contributed by atoms with Gasteiger partial charge in [-0.15, -0.1) is 11.3 Å². The molecule has 0 fully saturated rings. The van der Waals surface area contributed by atoms with Crippen LogP contribution in [0.25, 0.3) is 10.2 Å². The van der Waals surface area contributed by atoms with Crippen LogP contribution in [0, 0.1) is 0 Å². The first-order chi connectivity index (χ1) is 10.2. The monoisotopic (exact) mass is 318 g/mol. The number of aryl methyl sites for hydroxylation is 1. The summed E-state index contributed by atoms with van der Waals surface area (Å²) in [5, 5.41) is 2.92. The lowest BCUT2D eigenvalue weighted by molar-refractivity contribution is -0.116. The summed E-state index contributed by atoms with van der Waals surface area (Å²) >= 11 is 3.27. The first kappa shape index (κ1) is 14.2. The maximum Gasteiger partial charge on any atom is 0.224 e. The maximum absolute atomic E-state index is 11.9. The van der Waals surface area contributed by atoms with Crippen molar-refractivity contribution < 1.29 is 9.21 Å². The maximum atomic E-state index is 11.9. The third-order valence-electron chi connectivity index (χ3n) is 3.01. The minimum absolute atomic E-state index is 0.0136. The second-order valence-electron chi connectivity index (χ2n) is 4.49. The van der Waals surface area contributed by atoms with Crippen molar-refractivity contribution in [3.63, 3.8) is 0 Å². The molecule has 0 saturated carbocycles. The zero-order valence-electron chi connectivity index (χ0n) is 11.5. The van der Waals surface area contributed by atoms with Gasteiger partial charge in [0.25, 0.3) is 0 Å². The summed E-state index contributed by atoms with van der Waals surface area (Å²) in [6, 6.07) is 9.50. The molecule has 0 aliphatic carbocycles. The fraction of sp³-hybridized carbons (Fsp3) is 0.200. The van der Waals surface area contributed by atoms with Crippen molar-refractivity contribution in [2.24, 2.45) is 0 Å². The number of fused-ring (bicyclic) bond motifs is 1. The largest absolute Gasteiger partial charge is 0.469 e. The molecule has 0 saturated heterocycles. The van der Waals surface area contributed by atoms with Crippen molar-refractivity contribution in [3.05, 3.63) is 42.4 Å². The molecule has 21 heavy (non-hydrogen) atoms. The Bertz CT molecular complexity index is 750. The van der Waals surface area contributed by atoms with Crippen molar-refractivity contribution in [2.75, 3.05) is 11.6 Å². The van der Waals surface area contributed by atoms with Crippen LogP contribution in [0.2, 0.25) is 0 Å². The lowest BCUT2D eigenvalue weighted by Gasteiger charge is -2.04. The van der Waals surface area contributed by atoms with E-state index in [2.05, 4.69) is 10.3 Å². The highest BCUT2D eigenvalue weighted by molar-refractivity contribution is 8.00. The SMILES string of the molecule is CSc1nc2ccc(NC(=O)CCc3ccco3)cc2s1. The van der Waals surface area contributed by atoms with E-state index >= 15 is 0 Å². The summed E-state index contributed by atoms with van der Waals surface area (Å²) in [7, 11) is 0. The van der Waals surface area contributed by atoms with E-state index in [-0.39, 0.29) is 5.91 Å². The van der Waals surface area contributed by atoms with E-state index in [0.29, 0.717) is 12.8 Å². The van der Waals surface area contributed by atoms with Gasteiger partial charge in [-0.3, -0.25) is 4.79 Å². The molecule has 0 bridgehead atoms. The highest BCUT2D eigenvalue weighted by atomic mass is 32.2. The molecule has 0 aliphatic rings. The zero-order valence-corrected chi connectivity index (χ0v) is 13.1. The number of thiazole rings is 1. The average molecular weight is 318 g/mol. The smallest absolute Gasteiger partial charge is 0.224 e. The van der Waals surface area contributed by atoms with Crippen LogP contribution >= 0.6 is 23.1 Å². The molecule has 0 atom stereocenters. The summed E-state index contributed by atoms with van der Waals surface area (Å²) < 4.78 is 7.34. The van der Waals surface area contributed by atoms with Gasteiger partial charge in [0.1, 0.15) is 5.76 Å². The number of hydrogen-bond donors (Lipinski definition) is 1. The predicted octanol–water partition coefficient (Wildman–Crippen LogP) is 4.18. The summed E-state index contributed by atoms with van der Waals surface area (Å²) in [5.74, 6) is 0.813. The third-order valence-corrected chi connectivity index (χ3v) is 5.01. The van der Waals surface area contributed by atoms with Crippen LogP contribution in [0.3, 0.4) is 0 Å². The molecule has 2 aromatic heterocycles. The van der Waals surface area contributed by atoms with Crippen molar-refractivity contribution in [3.8, 4) is 0 Å². The van der Waals surface area contributed by atoms with Gasteiger partial charge in [-0.2, -0.15) is 0 Å². The molecule has 4 nitrogen and oxygen atoms in total. The Morgan fingerprint density at radius 3 is 3.10 bits per heavy atom. The predicted molar refractivity (Wildman–Crippen MR) is 87.1 cm³/mol. The molecule has 0 radical (unpaired) electrons. The average Bonchev–Trinajstić information content (AvgIpc) is 3.13. The van der Waals surface area contributed by atoms with Crippen molar-refractivity contribution in [1.29, 1.82) is 0 Å². The molecular formula is C15H14N2O2S2. The first-order valence-corrected chi connectivity index (χ1v) is 8.55. The Hall–Kier alpha value is -1.79. The third kappa shape index (κ3) is 3.46. The van der Waals surface area contributed by atoms with Gasteiger partial charge in [-0.1, -0.05) is 11.8 Å². The second-order valence-corrected chi connectivity index (χ2v) is 6.58. The molecule has 108 valence electrons. The van der Waals surface area contributed by atoms with Gasteiger partial charge >= 0.3 is 0 Å². The van der Waals surface area contributed by atoms with E-state index in [1.54, 1.807) is 29.4 Å².